The van der Waals surface area contributed by atoms with Gasteiger partial charge in [0.1, 0.15) is 5.78 Å². The zero-order chi connectivity index (χ0) is 14.0. The Bertz CT molecular complexity index is 635. The van der Waals surface area contributed by atoms with Gasteiger partial charge in [0.25, 0.3) is 5.69 Å². The Balaban J connectivity index is 2.35. The molecule has 0 aliphatic carbocycles. The number of nitro benzene ring substituents is 1. The van der Waals surface area contributed by atoms with Gasteiger partial charge >= 0.3 is 0 Å². The van der Waals surface area contributed by atoms with Gasteiger partial charge in [-0.25, -0.2) is 0 Å². The zero-order valence-electron chi connectivity index (χ0n) is 10.4. The molecule has 0 saturated carbocycles. The lowest BCUT2D eigenvalue weighted by atomic mass is 10.1. The van der Waals surface area contributed by atoms with Gasteiger partial charge in [-0.2, -0.15) is 4.98 Å². The van der Waals surface area contributed by atoms with Gasteiger partial charge in [-0.05, 0) is 13.8 Å². The van der Waals surface area contributed by atoms with Crippen molar-refractivity contribution in [3.63, 3.8) is 0 Å². The molecule has 1 unspecified atom stereocenters. The van der Waals surface area contributed by atoms with Gasteiger partial charge in [0.2, 0.25) is 11.7 Å². The molecule has 2 rings (SSSR count). The number of hydrogen-bond acceptors (Lipinski definition) is 6. The molecular formula is C12H11N3O4. The third-order valence-electron chi connectivity index (χ3n) is 2.74. The van der Waals surface area contributed by atoms with E-state index in [4.69, 9.17) is 4.52 Å². The summed E-state index contributed by atoms with van der Waals surface area (Å²) >= 11 is 0. The van der Waals surface area contributed by atoms with Gasteiger partial charge < -0.3 is 4.52 Å². The fourth-order valence-corrected chi connectivity index (χ4v) is 1.46. The molecule has 1 aromatic heterocycles. The number of non-ortho nitro benzene ring substituents is 1. The predicted octanol–water partition coefficient (Wildman–Crippen LogP) is 2.34. The Hall–Kier alpha value is -2.57. The standard InChI is InChI=1S/C12H11N3O4/c1-7(8(2)16)12-13-11(14-19-12)9-4-3-5-10(6-9)15(17)18/h3-7H,1-2H3. The van der Waals surface area contributed by atoms with Crippen LogP contribution in [0.5, 0.6) is 0 Å². The molecule has 0 spiro atoms. The Morgan fingerprint density at radius 1 is 1.47 bits per heavy atom. The van der Waals surface area contributed by atoms with Crippen molar-refractivity contribution in [2.75, 3.05) is 0 Å². The predicted molar refractivity (Wildman–Crippen MR) is 65.5 cm³/mol. The number of Topliss-reactive ketones (excluding diaryl/α,β-unsaturated/α-hetero) is 1. The summed E-state index contributed by atoms with van der Waals surface area (Å²) in [6.07, 6.45) is 0. The van der Waals surface area contributed by atoms with Gasteiger partial charge in [-0.15, -0.1) is 0 Å². The second kappa shape index (κ2) is 4.97. The highest BCUT2D eigenvalue weighted by Crippen LogP contribution is 2.23. The van der Waals surface area contributed by atoms with Crippen molar-refractivity contribution < 1.29 is 14.2 Å². The molecule has 7 heteroatoms. The van der Waals surface area contributed by atoms with E-state index in [0.29, 0.717) is 5.56 Å². The van der Waals surface area contributed by atoms with E-state index in [-0.39, 0.29) is 23.2 Å². The average Bonchev–Trinajstić information content (AvgIpc) is 2.87. The molecule has 98 valence electrons. The van der Waals surface area contributed by atoms with E-state index < -0.39 is 10.8 Å². The van der Waals surface area contributed by atoms with Crippen molar-refractivity contribution in [1.29, 1.82) is 0 Å². The van der Waals surface area contributed by atoms with Gasteiger partial charge in [0, 0.05) is 17.7 Å². The molecule has 2 aromatic rings. The number of nitro groups is 1. The first-order valence-electron chi connectivity index (χ1n) is 5.58. The number of rotatable bonds is 4. The molecule has 1 aromatic carbocycles. The third kappa shape index (κ3) is 2.65. The maximum Gasteiger partial charge on any atom is 0.270 e. The minimum atomic E-state index is -0.497. The largest absolute Gasteiger partial charge is 0.338 e. The molecule has 0 aliphatic rings. The molecule has 0 amide bonds. The number of ketones is 1. The first-order chi connectivity index (χ1) is 8.99. The molecule has 0 fully saturated rings. The molecule has 19 heavy (non-hydrogen) atoms. The van der Waals surface area contributed by atoms with E-state index in [9.17, 15) is 14.9 Å². The van der Waals surface area contributed by atoms with Crippen LogP contribution in [-0.4, -0.2) is 20.8 Å². The van der Waals surface area contributed by atoms with E-state index in [1.165, 1.54) is 25.1 Å². The number of benzene rings is 1. The highest BCUT2D eigenvalue weighted by molar-refractivity contribution is 5.81. The molecule has 0 N–H and O–H groups in total. The van der Waals surface area contributed by atoms with E-state index in [0.717, 1.165) is 0 Å². The zero-order valence-corrected chi connectivity index (χ0v) is 10.4. The average molecular weight is 261 g/mol. The third-order valence-corrected chi connectivity index (χ3v) is 2.74. The summed E-state index contributed by atoms with van der Waals surface area (Å²) in [5, 5.41) is 14.4. The second-order valence-corrected chi connectivity index (χ2v) is 4.10. The topological polar surface area (TPSA) is 99.1 Å². The number of hydrogen-bond donors (Lipinski definition) is 0. The number of carbonyl (C=O) groups is 1. The van der Waals surface area contributed by atoms with Crippen molar-refractivity contribution in [2.45, 2.75) is 19.8 Å². The van der Waals surface area contributed by atoms with Crippen LogP contribution in [0.1, 0.15) is 25.7 Å². The fraction of sp³-hybridized carbons (Fsp3) is 0.250. The summed E-state index contributed by atoms with van der Waals surface area (Å²) in [6, 6.07) is 5.91. The lowest BCUT2D eigenvalue weighted by molar-refractivity contribution is -0.384. The van der Waals surface area contributed by atoms with Gasteiger partial charge in [-0.1, -0.05) is 17.3 Å². The maximum atomic E-state index is 11.2. The normalized spacial score (nSPS) is 12.1. The highest BCUT2D eigenvalue weighted by Gasteiger charge is 2.19. The van der Waals surface area contributed by atoms with Crippen molar-refractivity contribution in [1.82, 2.24) is 10.1 Å². The number of carbonyl (C=O) groups excluding carboxylic acids is 1. The SMILES string of the molecule is CC(=O)C(C)c1nc(-c2cccc([N+](=O)[O-])c2)no1. The van der Waals surface area contributed by atoms with E-state index in [1.807, 2.05) is 0 Å². The molecule has 0 radical (unpaired) electrons. The lowest BCUT2D eigenvalue weighted by Gasteiger charge is -1.98. The summed E-state index contributed by atoms with van der Waals surface area (Å²) in [4.78, 5) is 25.5. The molecule has 7 nitrogen and oxygen atoms in total. The van der Waals surface area contributed by atoms with Crippen molar-refractivity contribution in [2.24, 2.45) is 0 Å². The van der Waals surface area contributed by atoms with Crippen LogP contribution in [0.25, 0.3) is 11.4 Å². The van der Waals surface area contributed by atoms with Crippen molar-refractivity contribution >= 4 is 11.5 Å². The fourth-order valence-electron chi connectivity index (χ4n) is 1.46. The monoisotopic (exact) mass is 261 g/mol. The van der Waals surface area contributed by atoms with Gasteiger partial charge in [0.15, 0.2) is 0 Å². The molecule has 0 aliphatic heterocycles. The smallest absolute Gasteiger partial charge is 0.270 e. The molecule has 1 atom stereocenters. The summed E-state index contributed by atoms with van der Waals surface area (Å²) in [6.45, 7) is 3.09. The van der Waals surface area contributed by atoms with Crippen LogP contribution in [0.4, 0.5) is 5.69 Å². The maximum absolute atomic E-state index is 11.2. The second-order valence-electron chi connectivity index (χ2n) is 4.10. The molecule has 1 heterocycles. The first-order valence-corrected chi connectivity index (χ1v) is 5.58. The quantitative estimate of drug-likeness (QED) is 0.618. The Labute approximate surface area is 108 Å². The summed E-state index contributed by atoms with van der Waals surface area (Å²) in [5.41, 5.74) is 0.420. The van der Waals surface area contributed by atoms with Crippen LogP contribution < -0.4 is 0 Å². The summed E-state index contributed by atoms with van der Waals surface area (Å²) in [7, 11) is 0. The van der Waals surface area contributed by atoms with E-state index in [1.54, 1.807) is 13.0 Å². The van der Waals surface area contributed by atoms with Crippen molar-refractivity contribution in [3.8, 4) is 11.4 Å². The van der Waals surface area contributed by atoms with Crippen LogP contribution in [-0.2, 0) is 4.79 Å². The van der Waals surface area contributed by atoms with Crippen LogP contribution in [0, 0.1) is 10.1 Å². The molecule has 0 bridgehead atoms. The van der Waals surface area contributed by atoms with E-state index >= 15 is 0 Å². The van der Waals surface area contributed by atoms with Gasteiger partial charge in [-0.3, -0.25) is 14.9 Å². The Morgan fingerprint density at radius 3 is 2.84 bits per heavy atom. The summed E-state index contributed by atoms with van der Waals surface area (Å²) in [5.74, 6) is -0.144. The molecular weight excluding hydrogens is 250 g/mol. The highest BCUT2D eigenvalue weighted by atomic mass is 16.6. The van der Waals surface area contributed by atoms with Crippen LogP contribution in [0.2, 0.25) is 0 Å². The number of nitrogens with zero attached hydrogens (tertiary/aromatic N) is 3. The van der Waals surface area contributed by atoms with Crippen molar-refractivity contribution in [3.05, 3.63) is 40.3 Å². The summed E-state index contributed by atoms with van der Waals surface area (Å²) < 4.78 is 4.99. The van der Waals surface area contributed by atoms with Crippen LogP contribution in [0.15, 0.2) is 28.8 Å². The minimum absolute atomic E-state index is 0.0523. The number of aromatic nitrogens is 2. The first kappa shape index (κ1) is 12.9. The van der Waals surface area contributed by atoms with E-state index in [2.05, 4.69) is 10.1 Å². The Morgan fingerprint density at radius 2 is 2.21 bits per heavy atom. The molecule has 0 saturated heterocycles. The van der Waals surface area contributed by atoms with Crippen LogP contribution in [0.3, 0.4) is 0 Å². The lowest BCUT2D eigenvalue weighted by Crippen LogP contribution is -2.04. The van der Waals surface area contributed by atoms with Gasteiger partial charge in [0.05, 0.1) is 10.8 Å². The Kier molecular flexibility index (Phi) is 3.37. The van der Waals surface area contributed by atoms with Crippen LogP contribution >= 0.6 is 0 Å². The minimum Gasteiger partial charge on any atom is -0.338 e.